The van der Waals surface area contributed by atoms with Gasteiger partial charge in [0.05, 0.1) is 30.2 Å². The zero-order valence-corrected chi connectivity index (χ0v) is 21.2. The van der Waals surface area contributed by atoms with E-state index in [0.717, 1.165) is 50.4 Å². The molecule has 3 atom stereocenters. The van der Waals surface area contributed by atoms with Gasteiger partial charge in [0.1, 0.15) is 5.69 Å². The molecule has 14 heteroatoms. The van der Waals surface area contributed by atoms with E-state index < -0.39 is 11.7 Å². The molecule has 3 aromatic rings. The third-order valence-corrected chi connectivity index (χ3v) is 7.13. The van der Waals surface area contributed by atoms with Crippen LogP contribution < -0.4 is 5.32 Å². The van der Waals surface area contributed by atoms with Crippen molar-refractivity contribution in [3.8, 4) is 0 Å². The summed E-state index contributed by atoms with van der Waals surface area (Å²) in [5.74, 6) is -0.197. The van der Waals surface area contributed by atoms with Gasteiger partial charge in [-0.2, -0.15) is 13.2 Å². The first-order valence-electron chi connectivity index (χ1n) is 13.0. The average molecular weight is 547 g/mol. The number of hydrogen-bond donors (Lipinski definition) is 1. The third-order valence-electron chi connectivity index (χ3n) is 7.13. The number of pyridine rings is 1. The third kappa shape index (κ3) is 6.85. The second-order valence-electron chi connectivity index (χ2n) is 9.98. The lowest BCUT2D eigenvalue weighted by molar-refractivity contribution is -0.137. The fourth-order valence-corrected chi connectivity index (χ4v) is 5.03. The summed E-state index contributed by atoms with van der Waals surface area (Å²) in [5, 5.41) is 18.8. The molecule has 5 heterocycles. The van der Waals surface area contributed by atoms with Crippen LogP contribution in [0.5, 0.6) is 0 Å². The van der Waals surface area contributed by atoms with Crippen molar-refractivity contribution in [3.63, 3.8) is 0 Å². The van der Waals surface area contributed by atoms with Crippen LogP contribution in [-0.4, -0.2) is 65.4 Å². The topological polar surface area (TPSA) is 130 Å². The highest BCUT2D eigenvalue weighted by Gasteiger charge is 2.40. The lowest BCUT2D eigenvalue weighted by atomic mass is 9.89. The van der Waals surface area contributed by atoms with Crippen molar-refractivity contribution in [2.75, 3.05) is 6.54 Å². The second-order valence-corrected chi connectivity index (χ2v) is 9.98. The van der Waals surface area contributed by atoms with Gasteiger partial charge < -0.3 is 10.1 Å². The minimum atomic E-state index is -4.46. The summed E-state index contributed by atoms with van der Waals surface area (Å²) < 4.78 is 47.5. The lowest BCUT2D eigenvalue weighted by Crippen LogP contribution is -2.33. The van der Waals surface area contributed by atoms with Gasteiger partial charge in [-0.15, -0.1) is 10.2 Å². The SMILES string of the molecule is O=C(CCc1cc(C(F)(F)F)ccn1)c1cn(CCCCn2cc(C(=O)NC[C@@H]3CC4CCC3O4)nn2)nn1. The minimum Gasteiger partial charge on any atom is -0.375 e. The maximum atomic E-state index is 12.8. The summed E-state index contributed by atoms with van der Waals surface area (Å²) in [7, 11) is 0. The highest BCUT2D eigenvalue weighted by Crippen LogP contribution is 2.38. The number of carbonyl (C=O) groups is 2. The predicted molar refractivity (Wildman–Crippen MR) is 130 cm³/mol. The number of carbonyl (C=O) groups excluding carboxylic acids is 2. The van der Waals surface area contributed by atoms with Crippen molar-refractivity contribution >= 4 is 11.7 Å². The fraction of sp³-hybridized carbons (Fsp3) is 0.560. The molecule has 0 spiro atoms. The maximum absolute atomic E-state index is 12.8. The van der Waals surface area contributed by atoms with Gasteiger partial charge in [-0.25, -0.2) is 0 Å². The van der Waals surface area contributed by atoms with E-state index in [-0.39, 0.29) is 47.7 Å². The van der Waals surface area contributed by atoms with Crippen molar-refractivity contribution in [2.45, 2.75) is 76.4 Å². The van der Waals surface area contributed by atoms with E-state index in [1.807, 2.05) is 0 Å². The number of halogens is 3. The molecule has 0 aliphatic carbocycles. The normalized spacial score (nSPS) is 20.4. The Morgan fingerprint density at radius 1 is 1.05 bits per heavy atom. The van der Waals surface area contributed by atoms with Gasteiger partial charge in [-0.1, -0.05) is 10.4 Å². The first-order chi connectivity index (χ1) is 18.7. The molecule has 2 aliphatic rings. The molecule has 1 amide bonds. The molecule has 2 saturated heterocycles. The number of ketones is 1. The molecule has 208 valence electrons. The van der Waals surface area contributed by atoms with Crippen LogP contribution in [0.2, 0.25) is 0 Å². The van der Waals surface area contributed by atoms with Gasteiger partial charge in [0.15, 0.2) is 11.5 Å². The number of rotatable bonds is 12. The Kier molecular flexibility index (Phi) is 8.00. The Bertz CT molecular complexity index is 1310. The molecule has 2 fully saturated rings. The summed E-state index contributed by atoms with van der Waals surface area (Å²) in [6, 6.07) is 1.84. The van der Waals surface area contributed by atoms with Crippen LogP contribution in [0.4, 0.5) is 13.2 Å². The number of nitrogens with one attached hydrogen (secondary N) is 1. The average Bonchev–Trinajstić information content (AvgIpc) is 3.73. The molecule has 0 radical (unpaired) electrons. The summed E-state index contributed by atoms with van der Waals surface area (Å²) in [5.41, 5.74) is -0.170. The first kappa shape index (κ1) is 26.9. The van der Waals surface area contributed by atoms with Gasteiger partial charge in [0, 0.05) is 43.9 Å². The van der Waals surface area contributed by atoms with E-state index in [0.29, 0.717) is 31.7 Å². The number of aromatic nitrogens is 7. The van der Waals surface area contributed by atoms with E-state index in [1.165, 1.54) is 6.20 Å². The number of alkyl halides is 3. The molecule has 0 aromatic carbocycles. The Balaban J connectivity index is 1.01. The Labute approximate surface area is 222 Å². The molecule has 3 aromatic heterocycles. The number of unbranched alkanes of at least 4 members (excludes halogenated alkanes) is 1. The van der Waals surface area contributed by atoms with Gasteiger partial charge in [-0.05, 0) is 50.7 Å². The quantitative estimate of drug-likeness (QED) is 0.271. The van der Waals surface area contributed by atoms with Crippen LogP contribution in [0.15, 0.2) is 30.7 Å². The molecule has 0 saturated carbocycles. The molecule has 2 aliphatic heterocycles. The standard InChI is InChI=1S/C25H29F3N8O3/c26-25(27,28)17-7-8-29-18(12-17)3-5-22(37)20-14-35(33-31-20)9-1-2-10-36-15-21(32-34-36)24(38)30-13-16-11-19-4-6-23(16)39-19/h7-8,12,14-16,19,23H,1-6,9-11,13H2,(H,30,38)/t16-,19?,23?/m0/s1. The van der Waals surface area contributed by atoms with Crippen LogP contribution >= 0.6 is 0 Å². The number of ether oxygens (including phenoxy) is 1. The Morgan fingerprint density at radius 2 is 1.77 bits per heavy atom. The molecular weight excluding hydrogens is 517 g/mol. The highest BCUT2D eigenvalue weighted by atomic mass is 19.4. The number of hydrogen-bond acceptors (Lipinski definition) is 8. The number of nitrogens with zero attached hydrogens (tertiary/aromatic N) is 7. The smallest absolute Gasteiger partial charge is 0.375 e. The minimum absolute atomic E-state index is 0.0231. The largest absolute Gasteiger partial charge is 0.416 e. The highest BCUT2D eigenvalue weighted by molar-refractivity contribution is 5.94. The molecule has 11 nitrogen and oxygen atoms in total. The van der Waals surface area contributed by atoms with Crippen molar-refractivity contribution in [2.24, 2.45) is 5.92 Å². The zero-order valence-electron chi connectivity index (χ0n) is 21.2. The van der Waals surface area contributed by atoms with E-state index in [1.54, 1.807) is 15.6 Å². The van der Waals surface area contributed by atoms with E-state index in [2.05, 4.69) is 30.9 Å². The van der Waals surface area contributed by atoms with Crippen molar-refractivity contribution in [3.05, 3.63) is 53.4 Å². The zero-order chi connectivity index (χ0) is 27.4. The molecule has 2 bridgehead atoms. The van der Waals surface area contributed by atoms with Crippen LogP contribution in [-0.2, 0) is 30.4 Å². The Morgan fingerprint density at radius 3 is 2.44 bits per heavy atom. The Hall–Kier alpha value is -3.68. The predicted octanol–water partition coefficient (Wildman–Crippen LogP) is 2.88. The van der Waals surface area contributed by atoms with E-state index in [9.17, 15) is 22.8 Å². The lowest BCUT2D eigenvalue weighted by Gasteiger charge is -2.18. The van der Waals surface area contributed by atoms with Gasteiger partial charge >= 0.3 is 6.18 Å². The maximum Gasteiger partial charge on any atom is 0.416 e. The van der Waals surface area contributed by atoms with Crippen LogP contribution in [0.25, 0.3) is 0 Å². The fourth-order valence-electron chi connectivity index (χ4n) is 5.03. The van der Waals surface area contributed by atoms with Crippen LogP contribution in [0.3, 0.4) is 0 Å². The molecule has 1 N–H and O–H groups in total. The number of fused-ring (bicyclic) bond motifs is 2. The summed E-state index contributed by atoms with van der Waals surface area (Å²) in [6.45, 7) is 1.66. The number of aryl methyl sites for hydroxylation is 3. The molecule has 2 unspecified atom stereocenters. The van der Waals surface area contributed by atoms with Crippen molar-refractivity contribution in [1.82, 2.24) is 40.3 Å². The van der Waals surface area contributed by atoms with Crippen LogP contribution in [0.1, 0.15) is 70.8 Å². The van der Waals surface area contributed by atoms with Crippen molar-refractivity contribution in [1.29, 1.82) is 0 Å². The summed E-state index contributed by atoms with van der Waals surface area (Å²) in [4.78, 5) is 28.7. The molecule has 39 heavy (non-hydrogen) atoms. The van der Waals surface area contributed by atoms with Gasteiger partial charge in [0.25, 0.3) is 5.91 Å². The van der Waals surface area contributed by atoms with Gasteiger partial charge in [-0.3, -0.25) is 23.9 Å². The second kappa shape index (κ2) is 11.6. The summed E-state index contributed by atoms with van der Waals surface area (Å²) >= 11 is 0. The monoisotopic (exact) mass is 546 g/mol. The molecular formula is C25H29F3N8O3. The number of amides is 1. The summed E-state index contributed by atoms with van der Waals surface area (Å²) in [6.07, 6.45) is 5.06. The van der Waals surface area contributed by atoms with E-state index >= 15 is 0 Å². The molecule has 5 rings (SSSR count). The van der Waals surface area contributed by atoms with Crippen molar-refractivity contribution < 1.29 is 27.5 Å². The van der Waals surface area contributed by atoms with E-state index in [4.69, 9.17) is 4.74 Å². The number of Topliss-reactive ketones (excluding diaryl/α,β-unsaturated/α-hetero) is 1. The first-order valence-corrected chi connectivity index (χ1v) is 13.0. The van der Waals surface area contributed by atoms with Gasteiger partial charge in [0.2, 0.25) is 0 Å². The van der Waals surface area contributed by atoms with Crippen LogP contribution in [0, 0.1) is 5.92 Å².